The molecule has 1 N–H and O–H groups in total. The number of hydrogen-bond donors (Lipinski definition) is 1. The molecule has 2 aromatic rings. The van der Waals surface area contributed by atoms with Crippen molar-refractivity contribution >= 4 is 17.4 Å². The molecule has 4 rings (SSSR count). The summed E-state index contributed by atoms with van der Waals surface area (Å²) in [6, 6.07) is 3.90. The number of nitrogens with zero attached hydrogens (tertiary/aromatic N) is 5. The topological polar surface area (TPSA) is 84.7 Å². The van der Waals surface area contributed by atoms with Crippen LogP contribution in [0.2, 0.25) is 0 Å². The minimum Gasteiger partial charge on any atom is -0.381 e. The second kappa shape index (κ2) is 6.11. The number of amides is 1. The lowest BCUT2D eigenvalue weighted by Crippen LogP contribution is -2.31. The van der Waals surface area contributed by atoms with Crippen molar-refractivity contribution in [2.24, 2.45) is 5.92 Å². The molecule has 0 aromatic carbocycles. The molecule has 0 spiro atoms. The van der Waals surface area contributed by atoms with Crippen LogP contribution in [-0.2, 0) is 16.1 Å². The van der Waals surface area contributed by atoms with Gasteiger partial charge in [-0.3, -0.25) is 4.79 Å². The van der Waals surface area contributed by atoms with Crippen molar-refractivity contribution in [3.05, 3.63) is 18.0 Å². The fourth-order valence-corrected chi connectivity index (χ4v) is 3.10. The van der Waals surface area contributed by atoms with E-state index in [9.17, 15) is 4.79 Å². The highest BCUT2D eigenvalue weighted by atomic mass is 16.5. The van der Waals surface area contributed by atoms with Gasteiger partial charge in [0.1, 0.15) is 5.82 Å². The first kappa shape index (κ1) is 14.4. The molecule has 0 radical (unpaired) electrons. The summed E-state index contributed by atoms with van der Waals surface area (Å²) in [4.78, 5) is 14.3. The highest BCUT2D eigenvalue weighted by Gasteiger charge is 2.23. The van der Waals surface area contributed by atoms with Crippen LogP contribution in [0.1, 0.15) is 25.1 Å². The Morgan fingerprint density at radius 3 is 2.96 bits per heavy atom. The van der Waals surface area contributed by atoms with Crippen molar-refractivity contribution in [3.63, 3.8) is 0 Å². The number of fused-ring (bicyclic) bond motifs is 1. The number of carbonyl (C=O) groups is 1. The second-order valence-corrected chi connectivity index (χ2v) is 6.05. The van der Waals surface area contributed by atoms with Crippen molar-refractivity contribution in [2.75, 3.05) is 31.2 Å². The van der Waals surface area contributed by atoms with Crippen molar-refractivity contribution in [2.45, 2.75) is 25.8 Å². The fraction of sp³-hybridized carbons (Fsp3) is 0.600. The Kier molecular flexibility index (Phi) is 3.82. The molecule has 0 saturated carbocycles. The third-order valence-corrected chi connectivity index (χ3v) is 4.46. The molecular weight excluding hydrogens is 296 g/mol. The Labute approximate surface area is 133 Å². The summed E-state index contributed by atoms with van der Waals surface area (Å²) in [5, 5.41) is 15.8. The smallest absolute Gasteiger partial charge is 0.225 e. The lowest BCUT2D eigenvalue weighted by Gasteiger charge is -2.16. The van der Waals surface area contributed by atoms with Gasteiger partial charge in [0, 0.05) is 19.7 Å². The van der Waals surface area contributed by atoms with E-state index >= 15 is 0 Å². The van der Waals surface area contributed by atoms with Gasteiger partial charge in [-0.2, -0.15) is 4.52 Å². The average Bonchev–Trinajstić information content (AvgIpc) is 3.33. The summed E-state index contributed by atoms with van der Waals surface area (Å²) in [5.74, 6) is 1.54. The normalized spacial score (nSPS) is 21.2. The maximum absolute atomic E-state index is 12.1. The van der Waals surface area contributed by atoms with Crippen LogP contribution in [0.5, 0.6) is 0 Å². The fourth-order valence-electron chi connectivity index (χ4n) is 3.10. The predicted octanol–water partition coefficient (Wildman–Crippen LogP) is 0.377. The van der Waals surface area contributed by atoms with Gasteiger partial charge in [-0.1, -0.05) is 0 Å². The molecule has 8 heteroatoms. The Bertz CT molecular complexity index is 703. The number of hydrogen-bond acceptors (Lipinski definition) is 6. The van der Waals surface area contributed by atoms with Gasteiger partial charge in [0.15, 0.2) is 11.5 Å². The Morgan fingerprint density at radius 2 is 2.17 bits per heavy atom. The van der Waals surface area contributed by atoms with Crippen LogP contribution in [-0.4, -0.2) is 52.0 Å². The van der Waals surface area contributed by atoms with Gasteiger partial charge in [-0.05, 0) is 31.4 Å². The predicted molar refractivity (Wildman–Crippen MR) is 83.0 cm³/mol. The first-order valence-corrected chi connectivity index (χ1v) is 8.13. The molecule has 1 amide bonds. The van der Waals surface area contributed by atoms with E-state index in [2.05, 4.69) is 25.5 Å². The van der Waals surface area contributed by atoms with Crippen LogP contribution in [0.4, 0.5) is 5.82 Å². The van der Waals surface area contributed by atoms with E-state index in [0.717, 1.165) is 25.3 Å². The number of nitrogens with one attached hydrogen (secondary N) is 1. The third kappa shape index (κ3) is 2.86. The summed E-state index contributed by atoms with van der Waals surface area (Å²) in [6.45, 7) is 3.56. The number of anilines is 1. The highest BCUT2D eigenvalue weighted by Crippen LogP contribution is 2.18. The van der Waals surface area contributed by atoms with E-state index < -0.39 is 0 Å². The number of rotatable bonds is 4. The highest BCUT2D eigenvalue weighted by molar-refractivity contribution is 5.78. The van der Waals surface area contributed by atoms with Crippen LogP contribution in [0.3, 0.4) is 0 Å². The second-order valence-electron chi connectivity index (χ2n) is 6.05. The van der Waals surface area contributed by atoms with Gasteiger partial charge in [-0.15, -0.1) is 15.3 Å². The van der Waals surface area contributed by atoms with Crippen LogP contribution < -0.4 is 10.2 Å². The molecule has 23 heavy (non-hydrogen) atoms. The van der Waals surface area contributed by atoms with Gasteiger partial charge in [-0.25, -0.2) is 0 Å². The largest absolute Gasteiger partial charge is 0.381 e. The van der Waals surface area contributed by atoms with E-state index in [4.69, 9.17) is 4.74 Å². The van der Waals surface area contributed by atoms with Crippen LogP contribution >= 0.6 is 0 Å². The van der Waals surface area contributed by atoms with Crippen molar-refractivity contribution < 1.29 is 9.53 Å². The SMILES string of the molecule is O=C(NCc1nnc2ccc(N3CCCC3)nn12)[C@H]1CCOC1. The first-order chi connectivity index (χ1) is 11.3. The molecule has 1 atom stereocenters. The lowest BCUT2D eigenvalue weighted by atomic mass is 10.1. The molecule has 2 aliphatic heterocycles. The zero-order chi connectivity index (χ0) is 15.6. The lowest BCUT2D eigenvalue weighted by molar-refractivity contribution is -0.125. The van der Waals surface area contributed by atoms with Crippen LogP contribution in [0, 0.1) is 5.92 Å². The van der Waals surface area contributed by atoms with Gasteiger partial charge >= 0.3 is 0 Å². The number of ether oxygens (including phenoxy) is 1. The van der Waals surface area contributed by atoms with E-state index in [-0.39, 0.29) is 11.8 Å². The molecule has 8 nitrogen and oxygen atoms in total. The van der Waals surface area contributed by atoms with E-state index in [0.29, 0.717) is 31.2 Å². The summed E-state index contributed by atoms with van der Waals surface area (Å²) >= 11 is 0. The minimum atomic E-state index is -0.0534. The van der Waals surface area contributed by atoms with Gasteiger partial charge in [0.2, 0.25) is 5.91 Å². The number of carbonyl (C=O) groups excluding carboxylic acids is 1. The molecule has 2 fully saturated rings. The standard InChI is InChI=1S/C15H20N6O2/c22-15(11-5-8-23-10-11)16-9-14-18-17-12-3-4-13(19-21(12)14)20-6-1-2-7-20/h3-4,11H,1-2,5-10H2,(H,16,22)/t11-/m0/s1. The number of aromatic nitrogens is 4. The van der Waals surface area contributed by atoms with Gasteiger partial charge in [0.05, 0.1) is 19.1 Å². The monoisotopic (exact) mass is 316 g/mol. The molecular formula is C15H20N6O2. The molecule has 2 aliphatic rings. The Morgan fingerprint density at radius 1 is 1.30 bits per heavy atom. The van der Waals surface area contributed by atoms with Crippen molar-refractivity contribution in [1.29, 1.82) is 0 Å². The van der Waals surface area contributed by atoms with E-state index in [1.54, 1.807) is 4.52 Å². The molecule has 2 aromatic heterocycles. The van der Waals surface area contributed by atoms with Gasteiger partial charge < -0.3 is 15.0 Å². The summed E-state index contributed by atoms with van der Waals surface area (Å²) in [6.07, 6.45) is 3.19. The summed E-state index contributed by atoms with van der Waals surface area (Å²) in [7, 11) is 0. The third-order valence-electron chi connectivity index (χ3n) is 4.46. The molecule has 2 saturated heterocycles. The summed E-state index contributed by atoms with van der Waals surface area (Å²) < 4.78 is 6.97. The minimum absolute atomic E-state index is 0.00921. The zero-order valence-corrected chi connectivity index (χ0v) is 12.9. The van der Waals surface area contributed by atoms with Gasteiger partial charge in [0.25, 0.3) is 0 Å². The molecule has 122 valence electrons. The molecule has 0 bridgehead atoms. The molecule has 0 unspecified atom stereocenters. The van der Waals surface area contributed by atoms with Crippen LogP contribution in [0.25, 0.3) is 5.65 Å². The average molecular weight is 316 g/mol. The van der Waals surface area contributed by atoms with Crippen LogP contribution in [0.15, 0.2) is 12.1 Å². The van der Waals surface area contributed by atoms with E-state index in [1.807, 2.05) is 12.1 Å². The maximum Gasteiger partial charge on any atom is 0.225 e. The van der Waals surface area contributed by atoms with Crippen molar-refractivity contribution in [1.82, 2.24) is 25.1 Å². The van der Waals surface area contributed by atoms with E-state index in [1.165, 1.54) is 12.8 Å². The Hall–Kier alpha value is -2.22. The quantitative estimate of drug-likeness (QED) is 0.878. The Balaban J connectivity index is 1.50. The van der Waals surface area contributed by atoms with Crippen molar-refractivity contribution in [3.8, 4) is 0 Å². The first-order valence-electron chi connectivity index (χ1n) is 8.13. The molecule has 4 heterocycles. The molecule has 0 aliphatic carbocycles. The summed E-state index contributed by atoms with van der Waals surface area (Å²) in [5.41, 5.74) is 0.696. The maximum atomic E-state index is 12.1. The zero-order valence-electron chi connectivity index (χ0n) is 12.9.